The molecule has 2 atom stereocenters. The number of para-hydroxylation sites is 1. The second kappa shape index (κ2) is 6.58. The SMILES string of the molecule is Cn1ccnc1C1N(C(=O)CCn2cccn2)CCC12C(=O)Nc1ccccc12. The van der Waals surface area contributed by atoms with Gasteiger partial charge < -0.3 is 14.8 Å². The molecule has 29 heavy (non-hydrogen) atoms. The van der Waals surface area contributed by atoms with Gasteiger partial charge in [0.2, 0.25) is 11.8 Å². The summed E-state index contributed by atoms with van der Waals surface area (Å²) in [6, 6.07) is 9.15. The molecule has 8 heteroatoms. The van der Waals surface area contributed by atoms with Crippen molar-refractivity contribution in [3.05, 3.63) is 66.5 Å². The Bertz CT molecular complexity index is 1070. The quantitative estimate of drug-likeness (QED) is 0.737. The number of aromatic nitrogens is 4. The summed E-state index contributed by atoms with van der Waals surface area (Å²) in [5, 5.41) is 7.20. The molecule has 1 aromatic carbocycles. The van der Waals surface area contributed by atoms with Crippen molar-refractivity contribution in [1.29, 1.82) is 0 Å². The predicted octanol–water partition coefficient (Wildman–Crippen LogP) is 1.87. The number of likely N-dealkylation sites (tertiary alicyclic amines) is 1. The second-order valence-corrected chi connectivity index (χ2v) is 7.63. The fourth-order valence-corrected chi connectivity index (χ4v) is 4.74. The maximum Gasteiger partial charge on any atom is 0.237 e. The van der Waals surface area contributed by atoms with Gasteiger partial charge in [0.1, 0.15) is 17.3 Å². The topological polar surface area (TPSA) is 85.1 Å². The number of amides is 2. The number of nitrogens with zero attached hydrogens (tertiary/aromatic N) is 5. The van der Waals surface area contributed by atoms with Crippen molar-refractivity contribution in [2.75, 3.05) is 11.9 Å². The third-order valence-corrected chi connectivity index (χ3v) is 6.12. The van der Waals surface area contributed by atoms with Gasteiger partial charge in [-0.3, -0.25) is 14.3 Å². The number of anilines is 1. The van der Waals surface area contributed by atoms with Gasteiger partial charge in [-0.15, -0.1) is 0 Å². The molecule has 2 amide bonds. The molecule has 0 bridgehead atoms. The average Bonchev–Trinajstić information content (AvgIpc) is 3.49. The Kier molecular flexibility index (Phi) is 4.01. The minimum atomic E-state index is -0.822. The van der Waals surface area contributed by atoms with E-state index in [2.05, 4.69) is 15.4 Å². The van der Waals surface area contributed by atoms with Crippen molar-refractivity contribution < 1.29 is 9.59 Å². The van der Waals surface area contributed by atoms with Crippen molar-refractivity contribution in [2.45, 2.75) is 30.8 Å². The number of aryl methyl sites for hydroxylation is 2. The molecule has 0 aliphatic carbocycles. The first-order chi connectivity index (χ1) is 14.1. The van der Waals surface area contributed by atoms with Crippen LogP contribution in [0.3, 0.4) is 0 Å². The molecule has 1 N–H and O–H groups in total. The summed E-state index contributed by atoms with van der Waals surface area (Å²) in [5.74, 6) is 0.665. The van der Waals surface area contributed by atoms with Crippen molar-refractivity contribution in [3.8, 4) is 0 Å². The van der Waals surface area contributed by atoms with Crippen LogP contribution in [0.5, 0.6) is 0 Å². The van der Waals surface area contributed by atoms with Gasteiger partial charge in [0.25, 0.3) is 0 Å². The van der Waals surface area contributed by atoms with Crippen LogP contribution in [0.25, 0.3) is 0 Å². The predicted molar refractivity (Wildman–Crippen MR) is 106 cm³/mol. The van der Waals surface area contributed by atoms with Crippen molar-refractivity contribution in [2.24, 2.45) is 7.05 Å². The molecule has 148 valence electrons. The summed E-state index contributed by atoms with van der Waals surface area (Å²) in [6.45, 7) is 1.02. The molecule has 0 saturated carbocycles. The van der Waals surface area contributed by atoms with E-state index < -0.39 is 11.5 Å². The number of hydrogen-bond donors (Lipinski definition) is 1. The van der Waals surface area contributed by atoms with E-state index in [-0.39, 0.29) is 11.8 Å². The number of fused-ring (bicyclic) bond motifs is 2. The van der Waals surface area contributed by atoms with Gasteiger partial charge in [-0.1, -0.05) is 18.2 Å². The molecule has 1 fully saturated rings. The zero-order valence-electron chi connectivity index (χ0n) is 16.2. The molecule has 2 unspecified atom stereocenters. The Balaban J connectivity index is 1.55. The average molecular weight is 390 g/mol. The number of carbonyl (C=O) groups is 2. The molecule has 5 rings (SSSR count). The van der Waals surface area contributed by atoms with Crippen LogP contribution in [0.4, 0.5) is 5.69 Å². The maximum atomic E-state index is 13.3. The fourth-order valence-electron chi connectivity index (χ4n) is 4.74. The molecule has 8 nitrogen and oxygen atoms in total. The van der Waals surface area contributed by atoms with Gasteiger partial charge in [0, 0.05) is 57.0 Å². The first kappa shape index (κ1) is 17.7. The summed E-state index contributed by atoms with van der Waals surface area (Å²) in [6.07, 6.45) is 8.00. The molecule has 1 spiro atoms. The highest BCUT2D eigenvalue weighted by Crippen LogP contribution is 2.54. The van der Waals surface area contributed by atoms with Crippen molar-refractivity contribution in [3.63, 3.8) is 0 Å². The highest BCUT2D eigenvalue weighted by atomic mass is 16.2. The lowest BCUT2D eigenvalue weighted by Gasteiger charge is -2.33. The van der Waals surface area contributed by atoms with Crippen LogP contribution < -0.4 is 5.32 Å². The summed E-state index contributed by atoms with van der Waals surface area (Å²) in [5.41, 5.74) is 0.944. The highest BCUT2D eigenvalue weighted by Gasteiger charge is 2.60. The van der Waals surface area contributed by atoms with E-state index in [9.17, 15) is 9.59 Å². The van der Waals surface area contributed by atoms with Crippen LogP contribution in [0.1, 0.15) is 30.3 Å². The molecule has 2 aromatic heterocycles. The molecule has 3 aromatic rings. The van der Waals surface area contributed by atoms with Gasteiger partial charge in [0.05, 0.1) is 0 Å². The highest BCUT2D eigenvalue weighted by molar-refractivity contribution is 6.07. The summed E-state index contributed by atoms with van der Waals surface area (Å²) in [4.78, 5) is 32.9. The Morgan fingerprint density at radius 2 is 2.10 bits per heavy atom. The van der Waals surface area contributed by atoms with E-state index in [4.69, 9.17) is 0 Å². The van der Waals surface area contributed by atoms with E-state index in [0.29, 0.717) is 25.9 Å². The van der Waals surface area contributed by atoms with Crippen molar-refractivity contribution in [1.82, 2.24) is 24.2 Å². The zero-order chi connectivity index (χ0) is 20.0. The maximum absolute atomic E-state index is 13.3. The van der Waals surface area contributed by atoms with Gasteiger partial charge in [-0.05, 0) is 24.1 Å². The van der Waals surface area contributed by atoms with Crippen LogP contribution in [0.15, 0.2) is 55.1 Å². The fraction of sp³-hybridized carbons (Fsp3) is 0.333. The Morgan fingerprint density at radius 3 is 2.86 bits per heavy atom. The van der Waals surface area contributed by atoms with Gasteiger partial charge in [-0.2, -0.15) is 5.10 Å². The summed E-state index contributed by atoms with van der Waals surface area (Å²) in [7, 11) is 1.90. The third kappa shape index (κ3) is 2.59. The zero-order valence-corrected chi connectivity index (χ0v) is 16.2. The number of rotatable bonds is 4. The monoisotopic (exact) mass is 390 g/mol. The van der Waals surface area contributed by atoms with Gasteiger partial charge in [-0.25, -0.2) is 4.98 Å². The van der Waals surface area contributed by atoms with E-state index in [1.165, 1.54) is 0 Å². The molecule has 2 aliphatic heterocycles. The minimum Gasteiger partial charge on any atom is -0.336 e. The number of nitrogens with one attached hydrogen (secondary N) is 1. The Labute approximate surface area is 168 Å². The van der Waals surface area contributed by atoms with E-state index in [1.807, 2.05) is 59.2 Å². The molecular weight excluding hydrogens is 368 g/mol. The largest absolute Gasteiger partial charge is 0.336 e. The lowest BCUT2D eigenvalue weighted by molar-refractivity contribution is -0.134. The standard InChI is InChI=1S/C21H22N6O2/c1-25-14-10-22-19(25)18-21(15-5-2-3-6-16(15)24-20(21)29)8-13-27(18)17(28)7-12-26-11-4-9-23-26/h2-6,9-11,14,18H,7-8,12-13H2,1H3,(H,24,29). The van der Waals surface area contributed by atoms with Crippen LogP contribution in [0, 0.1) is 0 Å². The van der Waals surface area contributed by atoms with E-state index >= 15 is 0 Å². The van der Waals surface area contributed by atoms with Crippen LogP contribution in [0.2, 0.25) is 0 Å². The first-order valence-electron chi connectivity index (χ1n) is 9.76. The van der Waals surface area contributed by atoms with Crippen LogP contribution in [-0.4, -0.2) is 42.6 Å². The molecule has 1 saturated heterocycles. The Morgan fingerprint density at radius 1 is 1.24 bits per heavy atom. The summed E-state index contributed by atoms with van der Waals surface area (Å²) < 4.78 is 3.65. The van der Waals surface area contributed by atoms with Crippen molar-refractivity contribution >= 4 is 17.5 Å². The van der Waals surface area contributed by atoms with Crippen LogP contribution >= 0.6 is 0 Å². The molecular formula is C21H22N6O2. The van der Waals surface area contributed by atoms with Crippen LogP contribution in [-0.2, 0) is 28.6 Å². The molecule has 4 heterocycles. The second-order valence-electron chi connectivity index (χ2n) is 7.63. The normalized spacial score (nSPS) is 22.9. The number of imidazole rings is 1. The molecule has 0 radical (unpaired) electrons. The minimum absolute atomic E-state index is 0.00237. The van der Waals surface area contributed by atoms with E-state index in [1.54, 1.807) is 17.1 Å². The first-order valence-corrected chi connectivity index (χ1v) is 9.76. The summed E-state index contributed by atoms with van der Waals surface area (Å²) >= 11 is 0. The van der Waals surface area contributed by atoms with Gasteiger partial charge in [0.15, 0.2) is 0 Å². The number of carbonyl (C=O) groups excluding carboxylic acids is 2. The van der Waals surface area contributed by atoms with E-state index in [0.717, 1.165) is 17.1 Å². The lowest BCUT2D eigenvalue weighted by atomic mass is 9.74. The lowest BCUT2D eigenvalue weighted by Crippen LogP contribution is -2.44. The number of hydrogen-bond acceptors (Lipinski definition) is 4. The molecule has 2 aliphatic rings. The Hall–Kier alpha value is -3.42. The smallest absolute Gasteiger partial charge is 0.237 e. The number of benzene rings is 1. The van der Waals surface area contributed by atoms with Gasteiger partial charge >= 0.3 is 0 Å². The third-order valence-electron chi connectivity index (χ3n) is 6.12.